The molecule has 1 aliphatic heterocycles. The Morgan fingerprint density at radius 1 is 1.35 bits per heavy atom. The van der Waals surface area contributed by atoms with Gasteiger partial charge in [0.2, 0.25) is 0 Å². The Hall–Kier alpha value is -1.52. The quantitative estimate of drug-likeness (QED) is 0.559. The van der Waals surface area contributed by atoms with E-state index >= 15 is 0 Å². The van der Waals surface area contributed by atoms with Gasteiger partial charge < -0.3 is 14.4 Å². The van der Waals surface area contributed by atoms with Gasteiger partial charge in [-0.2, -0.15) is 0 Å². The molecule has 0 spiro atoms. The Labute approximate surface area is 101 Å². The third-order valence-electron chi connectivity index (χ3n) is 2.82. The molecule has 0 aromatic heterocycles. The minimum atomic E-state index is -0.353. The molecule has 0 radical (unpaired) electrons. The average molecular weight is 241 g/mol. The largest absolute Gasteiger partial charge is 0.469 e. The Bertz CT molecular complexity index is 306. The Balaban J connectivity index is 2.32. The van der Waals surface area contributed by atoms with E-state index in [1.54, 1.807) is 11.8 Å². The van der Waals surface area contributed by atoms with Crippen LogP contribution in [0.1, 0.15) is 26.2 Å². The van der Waals surface area contributed by atoms with E-state index in [2.05, 4.69) is 11.3 Å². The highest BCUT2D eigenvalue weighted by Gasteiger charge is 2.25. The second-order valence-corrected chi connectivity index (χ2v) is 4.28. The van der Waals surface area contributed by atoms with Crippen LogP contribution in [0, 0.1) is 5.92 Å². The molecule has 1 amide bonds. The fourth-order valence-corrected chi connectivity index (χ4v) is 1.85. The summed E-state index contributed by atoms with van der Waals surface area (Å²) in [5.74, 6) is 0.510. The summed E-state index contributed by atoms with van der Waals surface area (Å²) in [5, 5.41) is 0. The van der Waals surface area contributed by atoms with E-state index in [0.717, 1.165) is 12.8 Å². The van der Waals surface area contributed by atoms with Gasteiger partial charge in [0.15, 0.2) is 0 Å². The number of carbonyl (C=O) groups is 2. The van der Waals surface area contributed by atoms with E-state index < -0.39 is 0 Å². The minimum absolute atomic E-state index is 0.187. The molecule has 17 heavy (non-hydrogen) atoms. The van der Waals surface area contributed by atoms with Gasteiger partial charge in [0.05, 0.1) is 12.9 Å². The highest BCUT2D eigenvalue weighted by atomic mass is 16.6. The van der Waals surface area contributed by atoms with E-state index in [0.29, 0.717) is 31.2 Å². The normalized spacial score (nSPS) is 16.5. The molecule has 1 aliphatic rings. The molecule has 0 bridgehead atoms. The number of piperidine rings is 1. The summed E-state index contributed by atoms with van der Waals surface area (Å²) in [5.41, 5.74) is 0. The Morgan fingerprint density at radius 3 is 2.41 bits per heavy atom. The zero-order valence-corrected chi connectivity index (χ0v) is 10.4. The lowest BCUT2D eigenvalue weighted by Gasteiger charge is -2.30. The van der Waals surface area contributed by atoms with Crippen LogP contribution in [-0.4, -0.2) is 37.2 Å². The standard InChI is InChI=1S/C12H19NO4/c1-9(2)17-12(15)13-6-4-10(5-7-13)8-11(14)16-3/h10H,1,4-8H2,2-3H3. The lowest BCUT2D eigenvalue weighted by atomic mass is 9.94. The second kappa shape index (κ2) is 6.27. The second-order valence-electron chi connectivity index (χ2n) is 4.28. The van der Waals surface area contributed by atoms with Crippen molar-refractivity contribution < 1.29 is 19.1 Å². The number of ether oxygens (including phenoxy) is 2. The predicted octanol–water partition coefficient (Wildman–Crippen LogP) is 1.93. The predicted molar refractivity (Wildman–Crippen MR) is 62.2 cm³/mol. The number of allylic oxidation sites excluding steroid dienone is 1. The molecule has 96 valence electrons. The van der Waals surface area contributed by atoms with Crippen molar-refractivity contribution in [2.45, 2.75) is 26.2 Å². The number of likely N-dealkylation sites (tertiary alicyclic amines) is 1. The highest BCUT2D eigenvalue weighted by Crippen LogP contribution is 2.21. The summed E-state index contributed by atoms with van der Waals surface area (Å²) in [6, 6.07) is 0. The smallest absolute Gasteiger partial charge is 0.414 e. The van der Waals surface area contributed by atoms with Crippen LogP contribution in [0.15, 0.2) is 12.3 Å². The fraction of sp³-hybridized carbons (Fsp3) is 0.667. The van der Waals surface area contributed by atoms with Crippen molar-refractivity contribution in [2.24, 2.45) is 5.92 Å². The number of hydrogen-bond acceptors (Lipinski definition) is 4. The fourth-order valence-electron chi connectivity index (χ4n) is 1.85. The van der Waals surface area contributed by atoms with Crippen LogP contribution < -0.4 is 0 Å². The van der Waals surface area contributed by atoms with Crippen LogP contribution in [-0.2, 0) is 14.3 Å². The van der Waals surface area contributed by atoms with Crippen molar-refractivity contribution in [3.05, 3.63) is 12.3 Å². The van der Waals surface area contributed by atoms with Gasteiger partial charge in [-0.25, -0.2) is 4.79 Å². The van der Waals surface area contributed by atoms with Crippen LogP contribution in [0.4, 0.5) is 4.79 Å². The van der Waals surface area contributed by atoms with Crippen molar-refractivity contribution in [3.63, 3.8) is 0 Å². The Morgan fingerprint density at radius 2 is 1.94 bits per heavy atom. The number of amides is 1. The zero-order chi connectivity index (χ0) is 12.8. The summed E-state index contributed by atoms with van der Waals surface area (Å²) >= 11 is 0. The molecular weight excluding hydrogens is 222 g/mol. The summed E-state index contributed by atoms with van der Waals surface area (Å²) in [6.07, 6.45) is 1.69. The minimum Gasteiger partial charge on any atom is -0.469 e. The van der Waals surface area contributed by atoms with Gasteiger partial charge >= 0.3 is 12.1 Å². The maximum Gasteiger partial charge on any atom is 0.414 e. The number of hydrogen-bond donors (Lipinski definition) is 0. The summed E-state index contributed by atoms with van der Waals surface area (Å²) < 4.78 is 9.55. The van der Waals surface area contributed by atoms with Gasteiger partial charge in [0, 0.05) is 19.5 Å². The molecule has 0 saturated carbocycles. The van der Waals surface area contributed by atoms with Crippen LogP contribution >= 0.6 is 0 Å². The van der Waals surface area contributed by atoms with Crippen LogP contribution in [0.3, 0.4) is 0 Å². The molecule has 5 heteroatoms. The maximum absolute atomic E-state index is 11.5. The van der Waals surface area contributed by atoms with Crippen LogP contribution in [0.25, 0.3) is 0 Å². The molecule has 0 aliphatic carbocycles. The molecule has 0 aromatic carbocycles. The first-order valence-electron chi connectivity index (χ1n) is 5.72. The van der Waals surface area contributed by atoms with E-state index in [-0.39, 0.29) is 12.1 Å². The summed E-state index contributed by atoms with van der Waals surface area (Å²) in [7, 11) is 1.39. The lowest BCUT2D eigenvalue weighted by Crippen LogP contribution is -2.39. The van der Waals surface area contributed by atoms with E-state index in [1.165, 1.54) is 7.11 Å². The molecular formula is C12H19NO4. The SMILES string of the molecule is C=C(C)OC(=O)N1CCC(CC(=O)OC)CC1. The van der Waals surface area contributed by atoms with E-state index in [9.17, 15) is 9.59 Å². The van der Waals surface area contributed by atoms with Gasteiger partial charge in [-0.1, -0.05) is 6.58 Å². The molecule has 1 rings (SSSR count). The first kappa shape index (κ1) is 13.5. The molecule has 0 N–H and O–H groups in total. The first-order chi connectivity index (χ1) is 8.02. The van der Waals surface area contributed by atoms with Gasteiger partial charge in [0.25, 0.3) is 0 Å². The number of esters is 1. The number of rotatable bonds is 3. The molecule has 1 saturated heterocycles. The lowest BCUT2D eigenvalue weighted by molar-refractivity contribution is -0.142. The summed E-state index contributed by atoms with van der Waals surface area (Å²) in [4.78, 5) is 24.3. The zero-order valence-electron chi connectivity index (χ0n) is 10.4. The van der Waals surface area contributed by atoms with Crippen molar-refractivity contribution in [1.29, 1.82) is 0 Å². The molecule has 5 nitrogen and oxygen atoms in total. The van der Waals surface area contributed by atoms with Gasteiger partial charge in [0.1, 0.15) is 0 Å². The first-order valence-corrected chi connectivity index (χ1v) is 5.72. The van der Waals surface area contributed by atoms with Crippen LogP contribution in [0.5, 0.6) is 0 Å². The topological polar surface area (TPSA) is 55.8 Å². The number of carbonyl (C=O) groups excluding carboxylic acids is 2. The monoisotopic (exact) mass is 241 g/mol. The van der Waals surface area contributed by atoms with Gasteiger partial charge in [-0.15, -0.1) is 0 Å². The molecule has 0 aromatic rings. The van der Waals surface area contributed by atoms with Crippen molar-refractivity contribution in [3.8, 4) is 0 Å². The third kappa shape index (κ3) is 4.46. The molecule has 0 unspecified atom stereocenters. The summed E-state index contributed by atoms with van der Waals surface area (Å²) in [6.45, 7) is 6.40. The third-order valence-corrected chi connectivity index (χ3v) is 2.82. The van der Waals surface area contributed by atoms with Gasteiger partial charge in [-0.05, 0) is 25.7 Å². The number of nitrogens with zero attached hydrogens (tertiary/aromatic N) is 1. The maximum atomic E-state index is 11.5. The van der Waals surface area contributed by atoms with Crippen LogP contribution in [0.2, 0.25) is 0 Å². The van der Waals surface area contributed by atoms with Crippen molar-refractivity contribution in [2.75, 3.05) is 20.2 Å². The number of methoxy groups -OCH3 is 1. The molecule has 1 fully saturated rings. The van der Waals surface area contributed by atoms with Crippen molar-refractivity contribution in [1.82, 2.24) is 4.90 Å². The average Bonchev–Trinajstić information content (AvgIpc) is 2.28. The molecule has 1 heterocycles. The van der Waals surface area contributed by atoms with Crippen molar-refractivity contribution >= 4 is 12.1 Å². The van der Waals surface area contributed by atoms with E-state index in [4.69, 9.17) is 4.74 Å². The van der Waals surface area contributed by atoms with Gasteiger partial charge in [-0.3, -0.25) is 4.79 Å². The molecule has 0 atom stereocenters. The van der Waals surface area contributed by atoms with E-state index in [1.807, 2.05) is 0 Å². The highest BCUT2D eigenvalue weighted by molar-refractivity contribution is 5.70. The Kier molecular flexibility index (Phi) is 5.00.